The molecule has 2 aromatic carbocycles. The Bertz CT molecular complexity index is 795. The summed E-state index contributed by atoms with van der Waals surface area (Å²) in [6, 6.07) is 12.4. The number of carbonyl (C=O) groups is 2. The van der Waals surface area contributed by atoms with E-state index in [1.165, 1.54) is 0 Å². The molecule has 0 saturated heterocycles. The molecule has 2 aromatic rings. The van der Waals surface area contributed by atoms with Crippen molar-refractivity contribution < 1.29 is 9.59 Å². The van der Waals surface area contributed by atoms with Crippen molar-refractivity contribution in [3.63, 3.8) is 0 Å². The summed E-state index contributed by atoms with van der Waals surface area (Å²) in [6.45, 7) is 0. The number of hydrogen-bond acceptors (Lipinski definition) is 2. The van der Waals surface area contributed by atoms with Crippen LogP contribution in [0.2, 0.25) is 5.02 Å². The van der Waals surface area contributed by atoms with Crippen LogP contribution in [0.15, 0.2) is 42.5 Å². The summed E-state index contributed by atoms with van der Waals surface area (Å²) in [5, 5.41) is 5.94. The van der Waals surface area contributed by atoms with Crippen LogP contribution in [-0.2, 0) is 4.79 Å². The number of nitrogens with one attached hydrogen (secondary N) is 2. The summed E-state index contributed by atoms with van der Waals surface area (Å²) in [5.41, 5.74) is 3.54. The Balaban J connectivity index is 1.96. The zero-order valence-corrected chi connectivity index (χ0v) is 12.6. The van der Waals surface area contributed by atoms with Crippen molar-refractivity contribution in [1.29, 1.82) is 0 Å². The molecule has 0 aliphatic carbocycles. The van der Waals surface area contributed by atoms with Gasteiger partial charge in [-0.3, -0.25) is 9.59 Å². The molecule has 1 aliphatic heterocycles. The number of benzene rings is 2. The summed E-state index contributed by atoms with van der Waals surface area (Å²) >= 11 is 5.93. The Labute approximate surface area is 132 Å². The summed E-state index contributed by atoms with van der Waals surface area (Å²) in [6.07, 6.45) is 1.79. The Morgan fingerprint density at radius 3 is 2.59 bits per heavy atom. The molecule has 1 heterocycles. The van der Waals surface area contributed by atoms with Crippen LogP contribution in [0, 0.1) is 0 Å². The lowest BCUT2D eigenvalue weighted by atomic mass is 10.0. The number of halogens is 1. The van der Waals surface area contributed by atoms with Gasteiger partial charge >= 0.3 is 0 Å². The van der Waals surface area contributed by atoms with E-state index in [9.17, 15) is 9.59 Å². The number of anilines is 1. The molecule has 2 amide bonds. The number of rotatable bonds is 2. The van der Waals surface area contributed by atoms with E-state index < -0.39 is 0 Å². The minimum atomic E-state index is -0.160. The van der Waals surface area contributed by atoms with Gasteiger partial charge in [-0.1, -0.05) is 29.8 Å². The van der Waals surface area contributed by atoms with Crippen molar-refractivity contribution in [1.82, 2.24) is 5.32 Å². The van der Waals surface area contributed by atoms with Crippen LogP contribution < -0.4 is 10.6 Å². The smallest absolute Gasteiger partial charge is 0.256 e. The molecular formula is C17H13ClN2O2. The first-order chi connectivity index (χ1) is 10.6. The molecule has 0 bridgehead atoms. The zero-order chi connectivity index (χ0) is 15.7. The van der Waals surface area contributed by atoms with Gasteiger partial charge in [-0.2, -0.15) is 0 Å². The third-order valence-electron chi connectivity index (χ3n) is 3.48. The molecule has 1 aliphatic rings. The van der Waals surface area contributed by atoms with E-state index in [0.717, 1.165) is 11.1 Å². The third kappa shape index (κ3) is 2.61. The van der Waals surface area contributed by atoms with Gasteiger partial charge in [-0.15, -0.1) is 0 Å². The van der Waals surface area contributed by atoms with E-state index in [-0.39, 0.29) is 11.8 Å². The number of hydrogen-bond donors (Lipinski definition) is 2. The Hall–Kier alpha value is -2.59. The van der Waals surface area contributed by atoms with Crippen molar-refractivity contribution >= 4 is 40.8 Å². The standard InChI is InChI=1S/C17H13ClN2O2/c1-19-16(21)11-4-2-10(3-5-11)8-14-13-7-6-12(18)9-15(13)20-17(14)22/h2-9H,1H3,(H,19,21)(H,20,22)/b14-8+. The Kier molecular flexibility index (Phi) is 3.69. The average molecular weight is 313 g/mol. The maximum absolute atomic E-state index is 12.1. The SMILES string of the molecule is CNC(=O)c1ccc(/C=C2/C(=O)Nc3cc(Cl)ccc32)cc1. The lowest BCUT2D eigenvalue weighted by Crippen LogP contribution is -2.17. The predicted molar refractivity (Wildman–Crippen MR) is 87.8 cm³/mol. The van der Waals surface area contributed by atoms with Gasteiger partial charge in [-0.25, -0.2) is 0 Å². The minimum absolute atomic E-state index is 0.141. The lowest BCUT2D eigenvalue weighted by molar-refractivity contribution is -0.110. The van der Waals surface area contributed by atoms with E-state index in [2.05, 4.69) is 10.6 Å². The molecular weight excluding hydrogens is 300 g/mol. The van der Waals surface area contributed by atoms with Crippen molar-refractivity contribution in [3.8, 4) is 0 Å². The summed E-state index contributed by atoms with van der Waals surface area (Å²) < 4.78 is 0. The lowest BCUT2D eigenvalue weighted by Gasteiger charge is -2.02. The molecule has 2 N–H and O–H groups in total. The molecule has 0 fully saturated rings. The van der Waals surface area contributed by atoms with Crippen molar-refractivity contribution in [2.24, 2.45) is 0 Å². The van der Waals surface area contributed by atoms with E-state index in [1.807, 2.05) is 6.07 Å². The van der Waals surface area contributed by atoms with Crippen LogP contribution >= 0.6 is 11.6 Å². The first-order valence-corrected chi connectivity index (χ1v) is 7.11. The molecule has 0 radical (unpaired) electrons. The van der Waals surface area contributed by atoms with Gasteiger partial charge < -0.3 is 10.6 Å². The second kappa shape index (κ2) is 5.66. The molecule has 22 heavy (non-hydrogen) atoms. The quantitative estimate of drug-likeness (QED) is 0.837. The summed E-state index contributed by atoms with van der Waals surface area (Å²) in [4.78, 5) is 23.6. The Morgan fingerprint density at radius 2 is 1.91 bits per heavy atom. The normalized spacial score (nSPS) is 14.6. The molecule has 0 atom stereocenters. The highest BCUT2D eigenvalue weighted by Gasteiger charge is 2.23. The van der Waals surface area contributed by atoms with Crippen LogP contribution in [0.1, 0.15) is 21.5 Å². The van der Waals surface area contributed by atoms with E-state index in [0.29, 0.717) is 21.8 Å². The van der Waals surface area contributed by atoms with Gasteiger partial charge in [-0.05, 0) is 35.9 Å². The molecule has 3 rings (SSSR count). The largest absolute Gasteiger partial charge is 0.355 e. The van der Waals surface area contributed by atoms with Gasteiger partial charge in [0.05, 0.1) is 5.69 Å². The van der Waals surface area contributed by atoms with E-state index in [4.69, 9.17) is 11.6 Å². The summed E-state index contributed by atoms with van der Waals surface area (Å²) in [7, 11) is 1.59. The van der Waals surface area contributed by atoms with Crippen molar-refractivity contribution in [2.45, 2.75) is 0 Å². The van der Waals surface area contributed by atoms with Gasteiger partial charge in [0.25, 0.3) is 11.8 Å². The maximum atomic E-state index is 12.1. The highest BCUT2D eigenvalue weighted by molar-refractivity contribution is 6.36. The second-order valence-corrected chi connectivity index (χ2v) is 5.34. The molecule has 0 unspecified atom stereocenters. The molecule has 110 valence electrons. The van der Waals surface area contributed by atoms with Gasteiger partial charge in [0.15, 0.2) is 0 Å². The molecule has 0 saturated carbocycles. The summed E-state index contributed by atoms with van der Waals surface area (Å²) in [5.74, 6) is -0.301. The van der Waals surface area contributed by atoms with E-state index >= 15 is 0 Å². The van der Waals surface area contributed by atoms with Crippen LogP contribution in [0.3, 0.4) is 0 Å². The Morgan fingerprint density at radius 1 is 1.18 bits per heavy atom. The second-order valence-electron chi connectivity index (χ2n) is 4.90. The van der Waals surface area contributed by atoms with Crippen molar-refractivity contribution in [3.05, 3.63) is 64.2 Å². The van der Waals surface area contributed by atoms with Crippen molar-refractivity contribution in [2.75, 3.05) is 12.4 Å². The number of fused-ring (bicyclic) bond motifs is 1. The van der Waals surface area contributed by atoms with Crippen LogP contribution in [0.4, 0.5) is 5.69 Å². The fourth-order valence-corrected chi connectivity index (χ4v) is 2.52. The monoisotopic (exact) mass is 312 g/mol. The number of amides is 2. The molecule has 5 heteroatoms. The first-order valence-electron chi connectivity index (χ1n) is 6.73. The topological polar surface area (TPSA) is 58.2 Å². The van der Waals surface area contributed by atoms with Crippen LogP contribution in [0.5, 0.6) is 0 Å². The predicted octanol–water partition coefficient (Wildman–Crippen LogP) is 3.19. The number of carbonyl (C=O) groups excluding carboxylic acids is 2. The van der Waals surface area contributed by atoms with Gasteiger partial charge in [0.1, 0.15) is 0 Å². The van der Waals surface area contributed by atoms with Crippen LogP contribution in [-0.4, -0.2) is 18.9 Å². The molecule has 0 aromatic heterocycles. The van der Waals surface area contributed by atoms with Gasteiger partial charge in [0.2, 0.25) is 0 Å². The van der Waals surface area contributed by atoms with Crippen LogP contribution in [0.25, 0.3) is 11.6 Å². The minimum Gasteiger partial charge on any atom is -0.355 e. The third-order valence-corrected chi connectivity index (χ3v) is 3.71. The highest BCUT2D eigenvalue weighted by Crippen LogP contribution is 2.34. The average Bonchev–Trinajstić information content (AvgIpc) is 2.82. The zero-order valence-electron chi connectivity index (χ0n) is 11.8. The van der Waals surface area contributed by atoms with Gasteiger partial charge in [0, 0.05) is 28.8 Å². The first kappa shape index (κ1) is 14.4. The van der Waals surface area contributed by atoms with E-state index in [1.54, 1.807) is 49.5 Å². The molecule has 0 spiro atoms. The maximum Gasteiger partial charge on any atom is 0.256 e. The fourth-order valence-electron chi connectivity index (χ4n) is 2.35. The highest BCUT2D eigenvalue weighted by atomic mass is 35.5. The molecule has 4 nitrogen and oxygen atoms in total. The fraction of sp³-hybridized carbons (Fsp3) is 0.0588.